The number of hydrogen-bond donors (Lipinski definition) is 3. The van der Waals surface area contributed by atoms with Crippen molar-refractivity contribution in [1.82, 2.24) is 15.5 Å². The lowest BCUT2D eigenvalue weighted by Gasteiger charge is -2.13. The highest BCUT2D eigenvalue weighted by atomic mass is 32.2. The van der Waals surface area contributed by atoms with Gasteiger partial charge in [-0.2, -0.15) is 5.10 Å². The summed E-state index contributed by atoms with van der Waals surface area (Å²) in [5, 5.41) is 13.3. The number of thioether (sulfide) groups is 1. The van der Waals surface area contributed by atoms with Crippen molar-refractivity contribution in [3.8, 4) is 0 Å². The summed E-state index contributed by atoms with van der Waals surface area (Å²) >= 11 is 1.75. The SMILES string of the molecule is CCSc1cccc(NC(=O)c2n[nH]c3c2CNCC3)c1. The summed E-state index contributed by atoms with van der Waals surface area (Å²) in [7, 11) is 0. The Morgan fingerprint density at radius 1 is 1.48 bits per heavy atom. The van der Waals surface area contributed by atoms with E-state index in [0.29, 0.717) is 12.2 Å². The van der Waals surface area contributed by atoms with Crippen molar-refractivity contribution in [2.45, 2.75) is 24.8 Å². The summed E-state index contributed by atoms with van der Waals surface area (Å²) in [6, 6.07) is 7.89. The summed E-state index contributed by atoms with van der Waals surface area (Å²) < 4.78 is 0. The van der Waals surface area contributed by atoms with Crippen LogP contribution in [0.3, 0.4) is 0 Å². The first-order chi connectivity index (χ1) is 10.3. The molecule has 3 rings (SSSR count). The van der Waals surface area contributed by atoms with Crippen molar-refractivity contribution < 1.29 is 4.79 Å². The van der Waals surface area contributed by atoms with Gasteiger partial charge in [0.1, 0.15) is 0 Å². The Hall–Kier alpha value is -1.79. The Kier molecular flexibility index (Phi) is 4.26. The number of fused-ring (bicyclic) bond motifs is 1. The largest absolute Gasteiger partial charge is 0.321 e. The van der Waals surface area contributed by atoms with Crippen molar-refractivity contribution in [3.63, 3.8) is 0 Å². The molecule has 1 aromatic carbocycles. The van der Waals surface area contributed by atoms with Gasteiger partial charge < -0.3 is 10.6 Å². The molecule has 21 heavy (non-hydrogen) atoms. The third-order valence-corrected chi connectivity index (χ3v) is 4.30. The van der Waals surface area contributed by atoms with Crippen LogP contribution in [-0.4, -0.2) is 28.4 Å². The molecule has 6 heteroatoms. The number of H-pyrrole nitrogens is 1. The molecule has 1 aliphatic heterocycles. The second-order valence-electron chi connectivity index (χ2n) is 4.87. The Bertz CT molecular complexity index is 653. The number of carbonyl (C=O) groups excluding carboxylic acids is 1. The van der Waals surface area contributed by atoms with Crippen LogP contribution in [-0.2, 0) is 13.0 Å². The van der Waals surface area contributed by atoms with Crippen molar-refractivity contribution in [2.75, 3.05) is 17.6 Å². The summed E-state index contributed by atoms with van der Waals surface area (Å²) in [6.07, 6.45) is 0.887. The highest BCUT2D eigenvalue weighted by Crippen LogP contribution is 2.22. The lowest BCUT2D eigenvalue weighted by atomic mass is 10.1. The number of rotatable bonds is 4. The lowest BCUT2D eigenvalue weighted by Crippen LogP contribution is -2.25. The first kappa shape index (κ1) is 14.2. The molecule has 0 radical (unpaired) electrons. The van der Waals surface area contributed by atoms with Crippen molar-refractivity contribution in [3.05, 3.63) is 41.2 Å². The number of anilines is 1. The van der Waals surface area contributed by atoms with Gasteiger partial charge in [0, 0.05) is 41.4 Å². The fourth-order valence-electron chi connectivity index (χ4n) is 2.43. The van der Waals surface area contributed by atoms with Gasteiger partial charge in [0.2, 0.25) is 0 Å². The van der Waals surface area contributed by atoms with E-state index in [1.165, 1.54) is 0 Å². The number of aromatic amines is 1. The minimum Gasteiger partial charge on any atom is -0.321 e. The summed E-state index contributed by atoms with van der Waals surface area (Å²) in [6.45, 7) is 3.73. The molecule has 0 atom stereocenters. The van der Waals surface area contributed by atoms with Gasteiger partial charge in [-0.3, -0.25) is 9.89 Å². The predicted octanol–water partition coefficient (Wildman–Crippen LogP) is 2.42. The molecule has 2 aromatic rings. The minimum atomic E-state index is -0.158. The number of aromatic nitrogens is 2. The van der Waals surface area contributed by atoms with Gasteiger partial charge in [0.15, 0.2) is 5.69 Å². The highest BCUT2D eigenvalue weighted by molar-refractivity contribution is 7.99. The zero-order valence-corrected chi connectivity index (χ0v) is 12.7. The average molecular weight is 302 g/mol. The van der Waals surface area contributed by atoms with Crippen LogP contribution in [0.4, 0.5) is 5.69 Å². The molecule has 5 nitrogen and oxygen atoms in total. The molecule has 0 unspecified atom stereocenters. The second kappa shape index (κ2) is 6.32. The Morgan fingerprint density at radius 2 is 2.38 bits per heavy atom. The molecule has 1 aliphatic rings. The van der Waals surface area contributed by atoms with Crippen LogP contribution in [0.5, 0.6) is 0 Å². The average Bonchev–Trinajstić information content (AvgIpc) is 2.92. The van der Waals surface area contributed by atoms with Gasteiger partial charge in [-0.1, -0.05) is 13.0 Å². The van der Waals surface area contributed by atoms with Gasteiger partial charge in [0.25, 0.3) is 5.91 Å². The fraction of sp³-hybridized carbons (Fsp3) is 0.333. The van der Waals surface area contributed by atoms with Crippen LogP contribution in [0.15, 0.2) is 29.2 Å². The maximum atomic E-state index is 12.4. The minimum absolute atomic E-state index is 0.158. The van der Waals surface area contributed by atoms with E-state index >= 15 is 0 Å². The molecule has 0 bridgehead atoms. The Labute approximate surface area is 127 Å². The smallest absolute Gasteiger partial charge is 0.276 e. The molecule has 1 aromatic heterocycles. The topological polar surface area (TPSA) is 69.8 Å². The Morgan fingerprint density at radius 3 is 3.24 bits per heavy atom. The zero-order chi connectivity index (χ0) is 14.7. The molecule has 3 N–H and O–H groups in total. The van der Waals surface area contributed by atoms with E-state index in [2.05, 4.69) is 27.8 Å². The normalized spacial score (nSPS) is 13.8. The number of nitrogens with one attached hydrogen (secondary N) is 3. The van der Waals surface area contributed by atoms with Crippen molar-refractivity contribution in [1.29, 1.82) is 0 Å². The third kappa shape index (κ3) is 3.11. The van der Waals surface area contributed by atoms with Crippen LogP contribution in [0.1, 0.15) is 28.7 Å². The van der Waals surface area contributed by atoms with Gasteiger partial charge in [-0.15, -0.1) is 11.8 Å². The molecule has 0 saturated carbocycles. The van der Waals surface area contributed by atoms with Crippen LogP contribution in [0.25, 0.3) is 0 Å². The monoisotopic (exact) mass is 302 g/mol. The molecule has 0 aliphatic carbocycles. The van der Waals surface area contributed by atoms with Crippen LogP contribution in [0, 0.1) is 0 Å². The van der Waals surface area contributed by atoms with E-state index in [1.54, 1.807) is 11.8 Å². The number of carbonyl (C=O) groups is 1. The first-order valence-electron chi connectivity index (χ1n) is 7.09. The Balaban J connectivity index is 1.77. The van der Waals surface area contributed by atoms with Crippen molar-refractivity contribution in [2.24, 2.45) is 0 Å². The van der Waals surface area contributed by atoms with Gasteiger partial charge in [-0.05, 0) is 24.0 Å². The first-order valence-corrected chi connectivity index (χ1v) is 8.07. The molecule has 0 spiro atoms. The van der Waals surface area contributed by atoms with Crippen LogP contribution in [0.2, 0.25) is 0 Å². The van der Waals surface area contributed by atoms with Crippen molar-refractivity contribution >= 4 is 23.4 Å². The van der Waals surface area contributed by atoms with E-state index in [9.17, 15) is 4.79 Å². The summed E-state index contributed by atoms with van der Waals surface area (Å²) in [5.41, 5.74) is 3.34. The third-order valence-electron chi connectivity index (χ3n) is 3.42. The fourth-order valence-corrected chi connectivity index (χ4v) is 3.15. The van der Waals surface area contributed by atoms with Crippen LogP contribution >= 0.6 is 11.8 Å². The number of amides is 1. The zero-order valence-electron chi connectivity index (χ0n) is 11.9. The summed E-state index contributed by atoms with van der Waals surface area (Å²) in [5.74, 6) is 0.852. The lowest BCUT2D eigenvalue weighted by molar-refractivity contribution is 0.102. The quantitative estimate of drug-likeness (QED) is 0.759. The molecule has 1 amide bonds. The molecule has 2 heterocycles. The highest BCUT2D eigenvalue weighted by Gasteiger charge is 2.21. The van der Waals surface area contributed by atoms with E-state index in [0.717, 1.165) is 40.6 Å². The summed E-state index contributed by atoms with van der Waals surface area (Å²) in [4.78, 5) is 13.5. The maximum absolute atomic E-state index is 12.4. The van der Waals surface area contributed by atoms with E-state index < -0.39 is 0 Å². The standard InChI is InChI=1S/C15H18N4OS/c1-2-21-11-5-3-4-10(8-11)17-15(20)14-12-9-16-7-6-13(12)18-19-14/h3-5,8,16H,2,6-7,9H2,1H3,(H,17,20)(H,18,19). The van der Waals surface area contributed by atoms with E-state index in [4.69, 9.17) is 0 Å². The molecular formula is C15H18N4OS. The molecular weight excluding hydrogens is 284 g/mol. The molecule has 0 fully saturated rings. The van der Waals surface area contributed by atoms with E-state index in [-0.39, 0.29) is 5.91 Å². The number of hydrogen-bond acceptors (Lipinski definition) is 4. The molecule has 110 valence electrons. The number of nitrogens with zero attached hydrogens (tertiary/aromatic N) is 1. The molecule has 0 saturated heterocycles. The van der Waals surface area contributed by atoms with Gasteiger partial charge in [0.05, 0.1) is 0 Å². The number of benzene rings is 1. The van der Waals surface area contributed by atoms with Gasteiger partial charge >= 0.3 is 0 Å². The van der Waals surface area contributed by atoms with E-state index in [1.807, 2.05) is 24.3 Å². The van der Waals surface area contributed by atoms with Crippen LogP contribution < -0.4 is 10.6 Å². The maximum Gasteiger partial charge on any atom is 0.276 e. The second-order valence-corrected chi connectivity index (χ2v) is 6.21. The predicted molar refractivity (Wildman–Crippen MR) is 84.8 cm³/mol. The van der Waals surface area contributed by atoms with Gasteiger partial charge in [-0.25, -0.2) is 0 Å².